The fraction of sp³-hybridized carbons (Fsp3) is 0.192. The van der Waals surface area contributed by atoms with Crippen LogP contribution in [0.25, 0.3) is 16.8 Å². The molecule has 0 saturated carbocycles. The van der Waals surface area contributed by atoms with Gasteiger partial charge in [-0.3, -0.25) is 14.4 Å². The third kappa shape index (κ3) is 2.40. The molecule has 3 aromatic rings. The van der Waals surface area contributed by atoms with Crippen LogP contribution in [-0.4, -0.2) is 28.5 Å². The van der Waals surface area contributed by atoms with Crippen LogP contribution in [0.15, 0.2) is 72.9 Å². The van der Waals surface area contributed by atoms with E-state index in [1.54, 1.807) is 0 Å². The van der Waals surface area contributed by atoms with Gasteiger partial charge in [-0.25, -0.2) is 4.90 Å². The van der Waals surface area contributed by atoms with Gasteiger partial charge in [-0.2, -0.15) is 0 Å². The van der Waals surface area contributed by atoms with Gasteiger partial charge in [-0.15, -0.1) is 0 Å². The standard InChI is InChI=1S/C26H20N2O3/c1-15(29)23-21-22(24-20-9-5-4-7-17(20)12-13-27(23)24)26(31)28(25(21)30)19-11-10-16-6-2-3-8-18(16)14-19/h2-14,21-24H,1H3. The molecule has 5 heteroatoms. The summed E-state index contributed by atoms with van der Waals surface area (Å²) in [6.45, 7) is 1.51. The predicted molar refractivity (Wildman–Crippen MR) is 118 cm³/mol. The third-order valence-electron chi connectivity index (χ3n) is 6.87. The van der Waals surface area contributed by atoms with Crippen molar-refractivity contribution in [3.63, 3.8) is 0 Å². The summed E-state index contributed by atoms with van der Waals surface area (Å²) in [6.07, 6.45) is 3.83. The van der Waals surface area contributed by atoms with Gasteiger partial charge in [0, 0.05) is 6.20 Å². The van der Waals surface area contributed by atoms with Crippen molar-refractivity contribution in [2.45, 2.75) is 19.0 Å². The van der Waals surface area contributed by atoms with E-state index >= 15 is 0 Å². The van der Waals surface area contributed by atoms with Crippen molar-refractivity contribution in [2.24, 2.45) is 11.8 Å². The van der Waals surface area contributed by atoms with Crippen LogP contribution in [0.1, 0.15) is 24.1 Å². The first-order chi connectivity index (χ1) is 15.1. The lowest BCUT2D eigenvalue weighted by Crippen LogP contribution is -2.43. The molecule has 6 rings (SSSR count). The number of anilines is 1. The van der Waals surface area contributed by atoms with Crippen LogP contribution >= 0.6 is 0 Å². The summed E-state index contributed by atoms with van der Waals surface area (Å²) in [5.74, 6) is -1.88. The van der Waals surface area contributed by atoms with E-state index in [0.717, 1.165) is 21.9 Å². The van der Waals surface area contributed by atoms with Crippen LogP contribution in [-0.2, 0) is 14.4 Å². The number of rotatable bonds is 2. The van der Waals surface area contributed by atoms with Crippen molar-refractivity contribution in [2.75, 3.05) is 4.90 Å². The number of carbonyl (C=O) groups is 3. The number of hydrogen-bond donors (Lipinski definition) is 0. The number of Topliss-reactive ketones (excluding diaryl/α,β-unsaturated/α-hetero) is 1. The molecule has 0 aliphatic carbocycles. The monoisotopic (exact) mass is 408 g/mol. The molecule has 2 saturated heterocycles. The van der Waals surface area contributed by atoms with E-state index in [1.165, 1.54) is 11.8 Å². The minimum atomic E-state index is -0.683. The molecule has 0 N–H and O–H groups in total. The van der Waals surface area contributed by atoms with E-state index in [-0.39, 0.29) is 23.6 Å². The second-order valence-electron chi connectivity index (χ2n) is 8.49. The number of hydrogen-bond acceptors (Lipinski definition) is 4. The zero-order valence-corrected chi connectivity index (χ0v) is 16.9. The quantitative estimate of drug-likeness (QED) is 0.603. The lowest BCUT2D eigenvalue weighted by atomic mass is 9.84. The van der Waals surface area contributed by atoms with Crippen LogP contribution in [0.2, 0.25) is 0 Å². The Morgan fingerprint density at radius 3 is 2.35 bits per heavy atom. The van der Waals surface area contributed by atoms with E-state index in [0.29, 0.717) is 5.69 Å². The molecule has 4 unspecified atom stereocenters. The molecule has 0 spiro atoms. The van der Waals surface area contributed by atoms with Crippen molar-refractivity contribution in [3.8, 4) is 0 Å². The molecular formula is C26H20N2O3. The third-order valence-corrected chi connectivity index (χ3v) is 6.87. The summed E-state index contributed by atoms with van der Waals surface area (Å²) < 4.78 is 0. The molecule has 4 atom stereocenters. The first-order valence-corrected chi connectivity index (χ1v) is 10.5. The smallest absolute Gasteiger partial charge is 0.240 e. The van der Waals surface area contributed by atoms with Gasteiger partial charge in [-0.1, -0.05) is 54.6 Å². The molecule has 0 radical (unpaired) electrons. The van der Waals surface area contributed by atoms with E-state index in [1.807, 2.05) is 83.9 Å². The van der Waals surface area contributed by atoms with Crippen molar-refractivity contribution in [3.05, 3.63) is 84.1 Å². The Kier molecular flexibility index (Phi) is 3.72. The molecule has 0 aromatic heterocycles. The highest BCUT2D eigenvalue weighted by atomic mass is 16.2. The Labute approximate surface area is 179 Å². The Balaban J connectivity index is 1.49. The van der Waals surface area contributed by atoms with Gasteiger partial charge in [-0.05, 0) is 47.0 Å². The highest BCUT2D eigenvalue weighted by Gasteiger charge is 2.63. The van der Waals surface area contributed by atoms with E-state index < -0.39 is 17.9 Å². The molecule has 5 nitrogen and oxygen atoms in total. The summed E-state index contributed by atoms with van der Waals surface area (Å²) in [5, 5.41) is 2.01. The minimum absolute atomic E-state index is 0.0944. The maximum absolute atomic E-state index is 13.7. The normalized spacial score (nSPS) is 26.2. The van der Waals surface area contributed by atoms with Crippen molar-refractivity contribution >= 4 is 40.1 Å². The number of benzene rings is 3. The van der Waals surface area contributed by atoms with Crippen LogP contribution in [0, 0.1) is 11.8 Å². The molecular weight excluding hydrogens is 388 g/mol. The number of amides is 2. The second-order valence-corrected chi connectivity index (χ2v) is 8.49. The van der Waals surface area contributed by atoms with Crippen LogP contribution in [0.4, 0.5) is 5.69 Å². The number of carbonyl (C=O) groups excluding carboxylic acids is 3. The van der Waals surface area contributed by atoms with Gasteiger partial charge in [0.05, 0.1) is 29.6 Å². The lowest BCUT2D eigenvalue weighted by molar-refractivity contribution is -0.129. The molecule has 3 heterocycles. The molecule has 3 aliphatic rings. The maximum Gasteiger partial charge on any atom is 0.240 e. The highest BCUT2D eigenvalue weighted by Crippen LogP contribution is 2.53. The van der Waals surface area contributed by atoms with Gasteiger partial charge >= 0.3 is 0 Å². The molecule has 0 bridgehead atoms. The number of ketones is 1. The van der Waals surface area contributed by atoms with Gasteiger partial charge in [0.1, 0.15) is 0 Å². The van der Waals surface area contributed by atoms with Crippen LogP contribution < -0.4 is 4.90 Å². The molecule has 2 amide bonds. The molecule has 3 aliphatic heterocycles. The summed E-state index contributed by atoms with van der Waals surface area (Å²) in [7, 11) is 0. The van der Waals surface area contributed by atoms with Crippen LogP contribution in [0.5, 0.6) is 0 Å². The Hall–Kier alpha value is -3.73. The Morgan fingerprint density at radius 2 is 1.55 bits per heavy atom. The van der Waals surface area contributed by atoms with Crippen molar-refractivity contribution in [1.82, 2.24) is 4.90 Å². The summed E-state index contributed by atoms with van der Waals surface area (Å²) >= 11 is 0. The highest BCUT2D eigenvalue weighted by molar-refractivity contribution is 6.24. The topological polar surface area (TPSA) is 57.7 Å². The maximum atomic E-state index is 13.7. The van der Waals surface area contributed by atoms with Crippen molar-refractivity contribution < 1.29 is 14.4 Å². The van der Waals surface area contributed by atoms with Crippen LogP contribution in [0.3, 0.4) is 0 Å². The Bertz CT molecular complexity index is 1310. The summed E-state index contributed by atoms with van der Waals surface area (Å²) in [4.78, 5) is 43.2. The number of nitrogens with zero attached hydrogens (tertiary/aromatic N) is 2. The van der Waals surface area contributed by atoms with Gasteiger partial charge in [0.2, 0.25) is 11.8 Å². The zero-order valence-electron chi connectivity index (χ0n) is 16.9. The van der Waals surface area contributed by atoms with Gasteiger partial charge in [0.25, 0.3) is 0 Å². The lowest BCUT2D eigenvalue weighted by Gasteiger charge is -2.35. The second kappa shape index (κ2) is 6.38. The average molecular weight is 408 g/mol. The number of fused-ring (bicyclic) bond motifs is 6. The van der Waals surface area contributed by atoms with E-state index in [9.17, 15) is 14.4 Å². The van der Waals surface area contributed by atoms with Gasteiger partial charge < -0.3 is 4.90 Å². The molecule has 152 valence electrons. The Morgan fingerprint density at radius 1 is 0.839 bits per heavy atom. The summed E-state index contributed by atoms with van der Waals surface area (Å²) in [5.41, 5.74) is 2.58. The SMILES string of the molecule is CC(=O)C1C2C(=O)N(c3ccc4ccccc4c3)C(=O)C2C2c3ccccc3C=CN12. The van der Waals surface area contributed by atoms with E-state index in [4.69, 9.17) is 0 Å². The minimum Gasteiger partial charge on any atom is -0.359 e. The fourth-order valence-electron chi connectivity index (χ4n) is 5.59. The fourth-order valence-corrected chi connectivity index (χ4v) is 5.59. The largest absolute Gasteiger partial charge is 0.359 e. The molecule has 2 fully saturated rings. The zero-order chi connectivity index (χ0) is 21.3. The predicted octanol–water partition coefficient (Wildman–Crippen LogP) is 3.94. The number of imide groups is 1. The van der Waals surface area contributed by atoms with Crippen molar-refractivity contribution in [1.29, 1.82) is 0 Å². The first-order valence-electron chi connectivity index (χ1n) is 10.5. The summed E-state index contributed by atoms with van der Waals surface area (Å²) in [6, 6.07) is 20.4. The first kappa shape index (κ1) is 18.1. The molecule has 3 aromatic carbocycles. The van der Waals surface area contributed by atoms with Gasteiger partial charge in [0.15, 0.2) is 5.78 Å². The molecule has 31 heavy (non-hydrogen) atoms. The average Bonchev–Trinajstić information content (AvgIpc) is 3.26. The van der Waals surface area contributed by atoms with E-state index in [2.05, 4.69) is 0 Å².